The standard InChI is InChI=1S/C21H17BrN4OS/c1-26(13-19-24-16-7-3-4-8-17(16)25-19)21(27)15-6-2-5-9-18(15)28-20-11-10-14(22)12-23-20/h2-12H,13H2,1H3,(H,24,25). The van der Waals surface area contributed by atoms with Gasteiger partial charge < -0.3 is 9.88 Å². The van der Waals surface area contributed by atoms with E-state index in [1.165, 1.54) is 11.8 Å². The summed E-state index contributed by atoms with van der Waals surface area (Å²) >= 11 is 4.87. The number of carbonyl (C=O) groups is 1. The van der Waals surface area contributed by atoms with Gasteiger partial charge in [0, 0.05) is 22.6 Å². The van der Waals surface area contributed by atoms with Crippen LogP contribution < -0.4 is 0 Å². The van der Waals surface area contributed by atoms with E-state index in [2.05, 4.69) is 30.9 Å². The zero-order valence-electron chi connectivity index (χ0n) is 15.1. The van der Waals surface area contributed by atoms with Crippen molar-refractivity contribution in [2.45, 2.75) is 16.5 Å². The van der Waals surface area contributed by atoms with Crippen LogP contribution in [0, 0.1) is 0 Å². The molecule has 0 aliphatic rings. The summed E-state index contributed by atoms with van der Waals surface area (Å²) in [5.74, 6) is 0.706. The first-order chi connectivity index (χ1) is 13.6. The molecule has 0 saturated heterocycles. The Morgan fingerprint density at radius 2 is 1.89 bits per heavy atom. The van der Waals surface area contributed by atoms with Crippen molar-refractivity contribution >= 4 is 44.6 Å². The molecule has 0 unspecified atom stereocenters. The van der Waals surface area contributed by atoms with Gasteiger partial charge in [-0.05, 0) is 52.3 Å². The number of fused-ring (bicyclic) bond motifs is 1. The lowest BCUT2D eigenvalue weighted by molar-refractivity contribution is 0.0778. The van der Waals surface area contributed by atoms with Crippen molar-refractivity contribution in [3.8, 4) is 0 Å². The predicted octanol–water partition coefficient (Wildman–Crippen LogP) is 5.14. The molecular formula is C21H17BrN4OS. The molecule has 1 amide bonds. The summed E-state index contributed by atoms with van der Waals surface area (Å²) in [4.78, 5) is 27.8. The molecule has 0 spiro atoms. The van der Waals surface area contributed by atoms with Crippen LogP contribution in [0.25, 0.3) is 11.0 Å². The number of H-pyrrole nitrogens is 1. The Morgan fingerprint density at radius 1 is 1.11 bits per heavy atom. The summed E-state index contributed by atoms with van der Waals surface area (Å²) in [6.07, 6.45) is 1.75. The maximum absolute atomic E-state index is 13.1. The number of pyridine rings is 1. The summed E-state index contributed by atoms with van der Waals surface area (Å²) in [5, 5.41) is 0.836. The first-order valence-electron chi connectivity index (χ1n) is 8.68. The number of amides is 1. The van der Waals surface area contributed by atoms with Gasteiger partial charge in [-0.2, -0.15) is 0 Å². The van der Waals surface area contributed by atoms with Crippen molar-refractivity contribution in [1.82, 2.24) is 19.9 Å². The van der Waals surface area contributed by atoms with Crippen LogP contribution in [0.3, 0.4) is 0 Å². The highest BCUT2D eigenvalue weighted by Gasteiger charge is 2.18. The van der Waals surface area contributed by atoms with E-state index in [1.54, 1.807) is 18.1 Å². The Kier molecular flexibility index (Phi) is 5.45. The minimum Gasteiger partial charge on any atom is -0.340 e. The number of aromatic amines is 1. The number of halogens is 1. The van der Waals surface area contributed by atoms with Crippen molar-refractivity contribution in [2.24, 2.45) is 0 Å². The first-order valence-corrected chi connectivity index (χ1v) is 10.3. The monoisotopic (exact) mass is 452 g/mol. The number of carbonyl (C=O) groups excluding carboxylic acids is 1. The second-order valence-electron chi connectivity index (χ2n) is 6.27. The van der Waals surface area contributed by atoms with Crippen LogP contribution in [-0.4, -0.2) is 32.8 Å². The third kappa shape index (κ3) is 4.10. The van der Waals surface area contributed by atoms with E-state index in [4.69, 9.17) is 0 Å². The highest BCUT2D eigenvalue weighted by atomic mass is 79.9. The van der Waals surface area contributed by atoms with Crippen molar-refractivity contribution in [1.29, 1.82) is 0 Å². The maximum atomic E-state index is 13.1. The second kappa shape index (κ2) is 8.16. The van der Waals surface area contributed by atoms with E-state index in [0.29, 0.717) is 12.1 Å². The Morgan fingerprint density at radius 3 is 2.68 bits per heavy atom. The Labute approximate surface area is 175 Å². The molecular weight excluding hydrogens is 436 g/mol. The average molecular weight is 453 g/mol. The summed E-state index contributed by atoms with van der Waals surface area (Å²) in [7, 11) is 1.79. The lowest BCUT2D eigenvalue weighted by Crippen LogP contribution is -2.27. The van der Waals surface area contributed by atoms with Crippen molar-refractivity contribution in [3.63, 3.8) is 0 Å². The topological polar surface area (TPSA) is 61.9 Å². The Hall–Kier alpha value is -2.64. The maximum Gasteiger partial charge on any atom is 0.255 e. The molecule has 0 aliphatic carbocycles. The predicted molar refractivity (Wildman–Crippen MR) is 114 cm³/mol. The molecule has 0 atom stereocenters. The van der Waals surface area contributed by atoms with Crippen LogP contribution in [0.2, 0.25) is 0 Å². The number of benzene rings is 2. The van der Waals surface area contributed by atoms with E-state index in [9.17, 15) is 4.79 Å². The number of hydrogen-bond donors (Lipinski definition) is 1. The lowest BCUT2D eigenvalue weighted by atomic mass is 10.2. The minimum atomic E-state index is -0.0549. The molecule has 2 aromatic heterocycles. The van der Waals surface area contributed by atoms with E-state index < -0.39 is 0 Å². The molecule has 2 aromatic carbocycles. The Bertz CT molecular complexity index is 1090. The largest absolute Gasteiger partial charge is 0.340 e. The van der Waals surface area contributed by atoms with Crippen molar-refractivity contribution in [3.05, 3.63) is 82.7 Å². The fourth-order valence-electron chi connectivity index (χ4n) is 2.85. The highest BCUT2D eigenvalue weighted by Crippen LogP contribution is 2.30. The molecule has 0 saturated carbocycles. The van der Waals surface area contributed by atoms with Crippen molar-refractivity contribution < 1.29 is 4.79 Å². The quantitative estimate of drug-likeness (QED) is 0.455. The van der Waals surface area contributed by atoms with E-state index in [-0.39, 0.29) is 5.91 Å². The molecule has 0 fully saturated rings. The van der Waals surface area contributed by atoms with Gasteiger partial charge in [-0.25, -0.2) is 9.97 Å². The van der Waals surface area contributed by atoms with Crippen LogP contribution in [-0.2, 0) is 6.54 Å². The van der Waals surface area contributed by atoms with E-state index in [0.717, 1.165) is 31.3 Å². The molecule has 5 nitrogen and oxygen atoms in total. The number of hydrogen-bond acceptors (Lipinski definition) is 4. The third-order valence-corrected chi connectivity index (χ3v) is 5.70. The van der Waals surface area contributed by atoms with Gasteiger partial charge in [-0.1, -0.05) is 36.0 Å². The molecule has 0 aliphatic heterocycles. The zero-order valence-corrected chi connectivity index (χ0v) is 17.5. The molecule has 140 valence electrons. The van der Waals surface area contributed by atoms with Gasteiger partial charge in [-0.3, -0.25) is 4.79 Å². The number of nitrogens with one attached hydrogen (secondary N) is 1. The molecule has 4 rings (SSSR count). The zero-order chi connectivity index (χ0) is 19.5. The molecule has 0 bridgehead atoms. The normalized spacial score (nSPS) is 10.9. The fourth-order valence-corrected chi connectivity index (χ4v) is 3.96. The van der Waals surface area contributed by atoms with Crippen LogP contribution in [0.1, 0.15) is 16.2 Å². The minimum absolute atomic E-state index is 0.0549. The number of aromatic nitrogens is 3. The van der Waals surface area contributed by atoms with Crippen LogP contribution in [0.5, 0.6) is 0 Å². The fraction of sp³-hybridized carbons (Fsp3) is 0.0952. The number of para-hydroxylation sites is 2. The van der Waals surface area contributed by atoms with Gasteiger partial charge in [-0.15, -0.1) is 0 Å². The van der Waals surface area contributed by atoms with Crippen LogP contribution in [0.4, 0.5) is 0 Å². The van der Waals surface area contributed by atoms with Crippen molar-refractivity contribution in [2.75, 3.05) is 7.05 Å². The van der Waals surface area contributed by atoms with Gasteiger partial charge in [0.1, 0.15) is 10.9 Å². The number of imidazole rings is 1. The summed E-state index contributed by atoms with van der Waals surface area (Å²) in [5.41, 5.74) is 2.52. The van der Waals surface area contributed by atoms with E-state index >= 15 is 0 Å². The molecule has 28 heavy (non-hydrogen) atoms. The van der Waals surface area contributed by atoms with Gasteiger partial charge in [0.2, 0.25) is 0 Å². The van der Waals surface area contributed by atoms with Gasteiger partial charge >= 0.3 is 0 Å². The van der Waals surface area contributed by atoms with E-state index in [1.807, 2.05) is 60.7 Å². The number of nitrogens with zero attached hydrogens (tertiary/aromatic N) is 3. The lowest BCUT2D eigenvalue weighted by Gasteiger charge is -2.17. The average Bonchev–Trinajstić information content (AvgIpc) is 3.12. The van der Waals surface area contributed by atoms with Gasteiger partial charge in [0.05, 0.1) is 23.1 Å². The van der Waals surface area contributed by atoms with Crippen LogP contribution >= 0.6 is 27.7 Å². The molecule has 2 heterocycles. The third-order valence-electron chi connectivity index (χ3n) is 4.20. The SMILES string of the molecule is CN(Cc1nc2ccccc2[nH]1)C(=O)c1ccccc1Sc1ccc(Br)cn1. The highest BCUT2D eigenvalue weighted by molar-refractivity contribution is 9.10. The molecule has 1 N–H and O–H groups in total. The summed E-state index contributed by atoms with van der Waals surface area (Å²) in [6.45, 7) is 0.406. The molecule has 0 radical (unpaired) electrons. The first kappa shape index (κ1) is 18.7. The smallest absolute Gasteiger partial charge is 0.255 e. The number of rotatable bonds is 5. The molecule has 7 heteroatoms. The van der Waals surface area contributed by atoms with Gasteiger partial charge in [0.25, 0.3) is 5.91 Å². The van der Waals surface area contributed by atoms with Gasteiger partial charge in [0.15, 0.2) is 0 Å². The Balaban J connectivity index is 1.54. The summed E-state index contributed by atoms with van der Waals surface area (Å²) in [6, 6.07) is 19.3. The molecule has 4 aromatic rings. The summed E-state index contributed by atoms with van der Waals surface area (Å²) < 4.78 is 0.923. The second-order valence-corrected chi connectivity index (χ2v) is 8.25. The van der Waals surface area contributed by atoms with Crippen LogP contribution in [0.15, 0.2) is 81.3 Å².